The third-order valence-corrected chi connectivity index (χ3v) is 7.01. The van der Waals surface area contributed by atoms with Crippen LogP contribution in [0.5, 0.6) is 0 Å². The van der Waals surface area contributed by atoms with E-state index in [0.717, 1.165) is 30.2 Å². The second-order valence-electron chi connectivity index (χ2n) is 8.92. The van der Waals surface area contributed by atoms with Crippen LogP contribution in [0.4, 0.5) is 10.1 Å². The van der Waals surface area contributed by atoms with Crippen LogP contribution in [-0.2, 0) is 0 Å². The minimum atomic E-state index is -0.353. The van der Waals surface area contributed by atoms with Gasteiger partial charge in [0.25, 0.3) is 11.8 Å². The van der Waals surface area contributed by atoms with Gasteiger partial charge in [-0.1, -0.05) is 37.1 Å². The van der Waals surface area contributed by atoms with Crippen molar-refractivity contribution in [3.05, 3.63) is 77.6 Å². The van der Waals surface area contributed by atoms with E-state index in [1.54, 1.807) is 12.1 Å². The third-order valence-electron chi connectivity index (χ3n) is 7.01. The molecular formula is C27H27FN2O2. The average molecular weight is 431 g/mol. The second kappa shape index (κ2) is 8.73. The van der Waals surface area contributed by atoms with Crippen molar-refractivity contribution in [1.82, 2.24) is 4.90 Å². The van der Waals surface area contributed by atoms with Crippen LogP contribution in [0.2, 0.25) is 0 Å². The molecule has 164 valence electrons. The van der Waals surface area contributed by atoms with E-state index in [4.69, 9.17) is 0 Å². The molecule has 0 radical (unpaired) electrons. The molecule has 2 amide bonds. The van der Waals surface area contributed by atoms with Crippen molar-refractivity contribution in [3.63, 3.8) is 0 Å². The maximum atomic E-state index is 13.7. The number of carbonyl (C=O) groups is 2. The van der Waals surface area contributed by atoms with Gasteiger partial charge in [0.2, 0.25) is 0 Å². The zero-order valence-corrected chi connectivity index (χ0v) is 18.0. The lowest BCUT2D eigenvalue weighted by Crippen LogP contribution is -2.49. The summed E-state index contributed by atoms with van der Waals surface area (Å²) in [5, 5.41) is 4.37. The number of benzene rings is 3. The van der Waals surface area contributed by atoms with Gasteiger partial charge in [-0.05, 0) is 78.8 Å². The summed E-state index contributed by atoms with van der Waals surface area (Å²) in [4.78, 5) is 28.7. The molecule has 0 aromatic heterocycles. The van der Waals surface area contributed by atoms with Crippen LogP contribution in [0.25, 0.3) is 10.8 Å². The first kappa shape index (κ1) is 20.7. The third kappa shape index (κ3) is 3.88. The molecule has 4 nitrogen and oxygen atoms in total. The first-order chi connectivity index (χ1) is 15.6. The highest BCUT2D eigenvalue weighted by Crippen LogP contribution is 2.36. The first-order valence-corrected chi connectivity index (χ1v) is 11.5. The van der Waals surface area contributed by atoms with E-state index in [1.807, 2.05) is 24.3 Å². The van der Waals surface area contributed by atoms with Crippen molar-refractivity contribution in [2.75, 3.05) is 11.9 Å². The monoisotopic (exact) mass is 430 g/mol. The number of piperidine rings is 1. The van der Waals surface area contributed by atoms with E-state index in [-0.39, 0.29) is 17.6 Å². The summed E-state index contributed by atoms with van der Waals surface area (Å²) in [6, 6.07) is 17.1. The fourth-order valence-corrected chi connectivity index (χ4v) is 5.45. The van der Waals surface area contributed by atoms with Crippen LogP contribution in [-0.4, -0.2) is 29.3 Å². The number of nitrogens with zero attached hydrogens (tertiary/aromatic N) is 1. The van der Waals surface area contributed by atoms with Crippen LogP contribution >= 0.6 is 0 Å². The highest BCUT2D eigenvalue weighted by molar-refractivity contribution is 6.17. The molecule has 5 rings (SSSR count). The zero-order valence-electron chi connectivity index (χ0n) is 18.0. The standard InChI is InChI=1S/C27H27FN2O2/c28-19-11-13-20(14-12-19)29-26(31)23-15-16-24(22-9-3-2-8-21(22)23)27(32)30-17-5-7-18-6-1-4-10-25(18)30/h2-3,8-9,11-16,18,25H,1,4-7,10,17H2,(H,29,31)/t18-,25+/m1/s1. The smallest absolute Gasteiger partial charge is 0.256 e. The molecule has 3 aromatic carbocycles. The minimum absolute atomic E-state index is 0.0725. The Morgan fingerprint density at radius 3 is 2.25 bits per heavy atom. The lowest BCUT2D eigenvalue weighted by molar-refractivity contribution is 0.0392. The molecule has 2 fully saturated rings. The van der Waals surface area contributed by atoms with Crippen LogP contribution < -0.4 is 5.32 Å². The molecule has 2 aliphatic rings. The fraction of sp³-hybridized carbons (Fsp3) is 0.333. The number of anilines is 1. The largest absolute Gasteiger partial charge is 0.335 e. The number of nitrogens with one attached hydrogen (secondary N) is 1. The Kier molecular flexibility index (Phi) is 5.64. The summed E-state index contributed by atoms with van der Waals surface area (Å²) < 4.78 is 13.2. The zero-order chi connectivity index (χ0) is 22.1. The van der Waals surface area contributed by atoms with Gasteiger partial charge in [0, 0.05) is 29.4 Å². The summed E-state index contributed by atoms with van der Waals surface area (Å²) in [7, 11) is 0. The van der Waals surface area contributed by atoms with Gasteiger partial charge < -0.3 is 10.2 Å². The summed E-state index contributed by atoms with van der Waals surface area (Å²) >= 11 is 0. The molecule has 1 saturated carbocycles. The maximum absolute atomic E-state index is 13.7. The normalized spacial score (nSPS) is 20.6. The van der Waals surface area contributed by atoms with Crippen molar-refractivity contribution < 1.29 is 14.0 Å². The summed E-state index contributed by atoms with van der Waals surface area (Å²) in [5.74, 6) is 0.0584. The lowest BCUT2D eigenvalue weighted by atomic mass is 9.78. The van der Waals surface area contributed by atoms with Gasteiger partial charge in [0.1, 0.15) is 5.82 Å². The Morgan fingerprint density at radius 2 is 1.47 bits per heavy atom. The van der Waals surface area contributed by atoms with E-state index in [9.17, 15) is 14.0 Å². The van der Waals surface area contributed by atoms with Gasteiger partial charge in [-0.3, -0.25) is 9.59 Å². The lowest BCUT2D eigenvalue weighted by Gasteiger charge is -2.44. The molecular weight excluding hydrogens is 403 g/mol. The molecule has 0 unspecified atom stereocenters. The number of hydrogen-bond acceptors (Lipinski definition) is 2. The van der Waals surface area contributed by atoms with E-state index < -0.39 is 0 Å². The molecule has 2 atom stereocenters. The predicted molar refractivity (Wildman–Crippen MR) is 124 cm³/mol. The summed E-state index contributed by atoms with van der Waals surface area (Å²) in [6.45, 7) is 0.807. The second-order valence-corrected chi connectivity index (χ2v) is 8.92. The van der Waals surface area contributed by atoms with Gasteiger partial charge >= 0.3 is 0 Å². The number of halogens is 1. The Bertz CT molecular complexity index is 1160. The number of likely N-dealkylation sites (tertiary alicyclic amines) is 1. The van der Waals surface area contributed by atoms with E-state index in [1.165, 1.54) is 49.9 Å². The Morgan fingerprint density at radius 1 is 0.812 bits per heavy atom. The fourth-order valence-electron chi connectivity index (χ4n) is 5.45. The van der Waals surface area contributed by atoms with E-state index in [0.29, 0.717) is 28.8 Å². The van der Waals surface area contributed by atoms with Crippen LogP contribution in [0.15, 0.2) is 60.7 Å². The number of fused-ring (bicyclic) bond motifs is 2. The highest BCUT2D eigenvalue weighted by atomic mass is 19.1. The first-order valence-electron chi connectivity index (χ1n) is 11.5. The number of hydrogen-bond donors (Lipinski definition) is 1. The Labute approximate surface area is 187 Å². The van der Waals surface area contributed by atoms with Crippen LogP contribution in [0, 0.1) is 11.7 Å². The molecule has 0 bridgehead atoms. The van der Waals surface area contributed by atoms with Crippen molar-refractivity contribution in [1.29, 1.82) is 0 Å². The molecule has 1 saturated heterocycles. The van der Waals surface area contributed by atoms with Gasteiger partial charge in [-0.25, -0.2) is 4.39 Å². The van der Waals surface area contributed by atoms with Crippen LogP contribution in [0.3, 0.4) is 0 Å². The quantitative estimate of drug-likeness (QED) is 0.552. The van der Waals surface area contributed by atoms with Gasteiger partial charge in [0.05, 0.1) is 0 Å². The van der Waals surface area contributed by atoms with Crippen molar-refractivity contribution in [3.8, 4) is 0 Å². The van der Waals surface area contributed by atoms with Gasteiger partial charge in [0.15, 0.2) is 0 Å². The average Bonchev–Trinajstić information content (AvgIpc) is 2.84. The molecule has 1 aliphatic heterocycles. The van der Waals surface area contributed by atoms with Crippen molar-refractivity contribution >= 4 is 28.3 Å². The highest BCUT2D eigenvalue weighted by Gasteiger charge is 2.36. The minimum Gasteiger partial charge on any atom is -0.335 e. The summed E-state index contributed by atoms with van der Waals surface area (Å²) in [5.41, 5.74) is 1.68. The Hall–Kier alpha value is -3.21. The topological polar surface area (TPSA) is 49.4 Å². The molecule has 3 aromatic rings. The Balaban J connectivity index is 1.47. The number of rotatable bonds is 3. The molecule has 32 heavy (non-hydrogen) atoms. The van der Waals surface area contributed by atoms with Crippen LogP contribution in [0.1, 0.15) is 59.2 Å². The molecule has 0 spiro atoms. The number of carbonyl (C=O) groups excluding carboxylic acids is 2. The molecule has 5 heteroatoms. The molecule has 1 heterocycles. The maximum Gasteiger partial charge on any atom is 0.256 e. The van der Waals surface area contributed by atoms with Gasteiger partial charge in [-0.15, -0.1) is 0 Å². The van der Waals surface area contributed by atoms with Crippen molar-refractivity contribution in [2.45, 2.75) is 44.6 Å². The predicted octanol–water partition coefficient (Wildman–Crippen LogP) is 6.03. The SMILES string of the molecule is O=C(Nc1ccc(F)cc1)c1ccc(C(=O)N2CCC[C@H]3CCCC[C@@H]32)c2ccccc12. The summed E-state index contributed by atoms with van der Waals surface area (Å²) in [6.07, 6.45) is 7.04. The number of amides is 2. The van der Waals surface area contributed by atoms with E-state index >= 15 is 0 Å². The molecule has 1 N–H and O–H groups in total. The van der Waals surface area contributed by atoms with Gasteiger partial charge in [-0.2, -0.15) is 0 Å². The van der Waals surface area contributed by atoms with E-state index in [2.05, 4.69) is 10.2 Å². The molecule has 1 aliphatic carbocycles. The van der Waals surface area contributed by atoms with Crippen molar-refractivity contribution in [2.24, 2.45) is 5.92 Å².